The Hall–Kier alpha value is -2.55. The maximum Gasteiger partial charge on any atom is 0.471 e. The quantitative estimate of drug-likeness (QED) is 0.564. The topological polar surface area (TPSA) is 58.6 Å². The van der Waals surface area contributed by atoms with Gasteiger partial charge in [0.1, 0.15) is 11.8 Å². The molecule has 1 aromatic heterocycles. The lowest BCUT2D eigenvalue weighted by molar-refractivity contribution is -0.188. The smallest absolute Gasteiger partial charge is 0.471 e. The fourth-order valence-electron chi connectivity index (χ4n) is 4.10. The molecular formula is C24H29F3N2O3S. The molecule has 0 bridgehead atoms. The van der Waals surface area contributed by atoms with Crippen molar-refractivity contribution in [1.82, 2.24) is 10.2 Å². The van der Waals surface area contributed by atoms with Gasteiger partial charge in [0.2, 0.25) is 5.91 Å². The SMILES string of the molecule is COc1ccc(CCN(C(=O)C(F)(F)F)[C@H](C(=O)NC2CCCCC2)c2ccc(C)s2)cc1. The maximum absolute atomic E-state index is 13.6. The average molecular weight is 483 g/mol. The van der Waals surface area contributed by atoms with Crippen molar-refractivity contribution in [3.63, 3.8) is 0 Å². The molecule has 1 fully saturated rings. The number of aryl methyl sites for hydroxylation is 1. The van der Waals surface area contributed by atoms with Crippen LogP contribution in [0.25, 0.3) is 0 Å². The molecule has 2 amide bonds. The molecular weight excluding hydrogens is 453 g/mol. The molecule has 5 nitrogen and oxygen atoms in total. The number of thiophene rings is 1. The maximum atomic E-state index is 13.6. The highest BCUT2D eigenvalue weighted by Crippen LogP contribution is 2.32. The number of ether oxygens (including phenoxy) is 1. The molecule has 9 heteroatoms. The van der Waals surface area contributed by atoms with Crippen LogP contribution in [0, 0.1) is 6.92 Å². The molecule has 2 aromatic rings. The predicted octanol–water partition coefficient (Wildman–Crippen LogP) is 5.19. The zero-order chi connectivity index (χ0) is 24.0. The first-order chi connectivity index (χ1) is 15.7. The number of halogens is 3. The Morgan fingerprint density at radius 2 is 1.79 bits per heavy atom. The van der Waals surface area contributed by atoms with Crippen molar-refractivity contribution in [3.8, 4) is 5.75 Å². The summed E-state index contributed by atoms with van der Waals surface area (Å²) >= 11 is 1.23. The first-order valence-electron chi connectivity index (χ1n) is 11.1. The van der Waals surface area contributed by atoms with E-state index in [0.717, 1.165) is 42.5 Å². The molecule has 1 atom stereocenters. The van der Waals surface area contributed by atoms with Crippen LogP contribution >= 0.6 is 11.3 Å². The molecule has 0 spiro atoms. The van der Waals surface area contributed by atoms with Gasteiger partial charge in [-0.05, 0) is 56.0 Å². The van der Waals surface area contributed by atoms with Gasteiger partial charge in [0.15, 0.2) is 0 Å². The van der Waals surface area contributed by atoms with Crippen LogP contribution in [0.15, 0.2) is 36.4 Å². The fourth-order valence-corrected chi connectivity index (χ4v) is 5.09. The Morgan fingerprint density at radius 3 is 2.33 bits per heavy atom. The van der Waals surface area contributed by atoms with E-state index in [1.54, 1.807) is 36.4 Å². The molecule has 3 rings (SSSR count). The van der Waals surface area contributed by atoms with Crippen LogP contribution in [0.4, 0.5) is 13.2 Å². The lowest BCUT2D eigenvalue weighted by atomic mass is 9.95. The summed E-state index contributed by atoms with van der Waals surface area (Å²) in [6.07, 6.45) is -0.311. The number of amides is 2. The number of hydrogen-bond donors (Lipinski definition) is 1. The Morgan fingerprint density at radius 1 is 1.12 bits per heavy atom. The van der Waals surface area contributed by atoms with Crippen molar-refractivity contribution in [1.29, 1.82) is 0 Å². The Bertz CT molecular complexity index is 937. The lowest BCUT2D eigenvalue weighted by Gasteiger charge is -2.33. The highest BCUT2D eigenvalue weighted by molar-refractivity contribution is 7.12. The van der Waals surface area contributed by atoms with Crippen molar-refractivity contribution < 1.29 is 27.5 Å². The number of nitrogens with zero attached hydrogens (tertiary/aromatic N) is 1. The monoisotopic (exact) mass is 482 g/mol. The molecule has 0 aliphatic heterocycles. The van der Waals surface area contributed by atoms with Crippen LogP contribution < -0.4 is 10.1 Å². The Kier molecular flexibility index (Phi) is 8.40. The molecule has 1 aliphatic rings. The van der Waals surface area contributed by atoms with E-state index in [1.807, 2.05) is 6.92 Å². The van der Waals surface area contributed by atoms with E-state index in [0.29, 0.717) is 15.5 Å². The zero-order valence-corrected chi connectivity index (χ0v) is 19.6. The number of rotatable bonds is 8. The summed E-state index contributed by atoms with van der Waals surface area (Å²) in [6, 6.07) is 8.86. The molecule has 1 aliphatic carbocycles. The molecule has 1 aromatic carbocycles. The van der Waals surface area contributed by atoms with Crippen molar-refractivity contribution >= 4 is 23.2 Å². The summed E-state index contributed by atoms with van der Waals surface area (Å²) in [5.41, 5.74) is 0.740. The van der Waals surface area contributed by atoms with E-state index in [2.05, 4.69) is 5.32 Å². The van der Waals surface area contributed by atoms with Crippen LogP contribution in [0.5, 0.6) is 5.75 Å². The number of alkyl halides is 3. The van der Waals surface area contributed by atoms with Gasteiger partial charge in [-0.2, -0.15) is 13.2 Å². The minimum atomic E-state index is -5.09. The van der Waals surface area contributed by atoms with Gasteiger partial charge in [-0.25, -0.2) is 0 Å². The van der Waals surface area contributed by atoms with E-state index in [1.165, 1.54) is 18.4 Å². The number of carbonyl (C=O) groups is 2. The van der Waals surface area contributed by atoms with Crippen LogP contribution in [-0.2, 0) is 16.0 Å². The zero-order valence-electron chi connectivity index (χ0n) is 18.8. The molecule has 33 heavy (non-hydrogen) atoms. The summed E-state index contributed by atoms with van der Waals surface area (Å²) < 4.78 is 45.9. The molecule has 1 saturated carbocycles. The second kappa shape index (κ2) is 11.0. The minimum absolute atomic E-state index is 0.0840. The normalized spacial score (nSPS) is 15.7. The fraction of sp³-hybridized carbons (Fsp3) is 0.500. The van der Waals surface area contributed by atoms with Crippen LogP contribution in [0.3, 0.4) is 0 Å². The molecule has 180 valence electrons. The van der Waals surface area contributed by atoms with E-state index in [-0.39, 0.29) is 19.0 Å². The lowest BCUT2D eigenvalue weighted by Crippen LogP contribution is -2.50. The van der Waals surface area contributed by atoms with Gasteiger partial charge in [0.25, 0.3) is 0 Å². The average Bonchev–Trinajstić information content (AvgIpc) is 3.22. The van der Waals surface area contributed by atoms with E-state index in [4.69, 9.17) is 4.74 Å². The number of hydrogen-bond acceptors (Lipinski definition) is 4. The Labute approximate surface area is 195 Å². The molecule has 1 heterocycles. The standard InChI is InChI=1S/C24H29F3N2O3S/c1-16-8-13-20(33-16)21(22(30)28-18-6-4-3-5-7-18)29(23(31)24(25,26)27)15-14-17-9-11-19(32-2)12-10-17/h8-13,18,21H,3-7,14-15H2,1-2H3,(H,28,30)/t21-/m0/s1. The second-order valence-electron chi connectivity index (χ2n) is 8.29. The van der Waals surface area contributed by atoms with Gasteiger partial charge in [-0.1, -0.05) is 31.4 Å². The van der Waals surface area contributed by atoms with E-state index in [9.17, 15) is 22.8 Å². The van der Waals surface area contributed by atoms with Crippen molar-refractivity contribution in [2.24, 2.45) is 0 Å². The summed E-state index contributed by atoms with van der Waals surface area (Å²) in [5, 5.41) is 2.92. The largest absolute Gasteiger partial charge is 0.497 e. The van der Waals surface area contributed by atoms with Gasteiger partial charge >= 0.3 is 12.1 Å². The Balaban J connectivity index is 1.89. The molecule has 1 N–H and O–H groups in total. The van der Waals surface area contributed by atoms with Gasteiger partial charge < -0.3 is 15.0 Å². The molecule has 0 radical (unpaired) electrons. The predicted molar refractivity (Wildman–Crippen MR) is 121 cm³/mol. The summed E-state index contributed by atoms with van der Waals surface area (Å²) in [6.45, 7) is 1.57. The van der Waals surface area contributed by atoms with Crippen molar-refractivity contribution in [2.75, 3.05) is 13.7 Å². The third kappa shape index (κ3) is 6.72. The number of benzene rings is 1. The van der Waals surface area contributed by atoms with E-state index < -0.39 is 24.0 Å². The summed E-state index contributed by atoms with van der Waals surface area (Å²) in [7, 11) is 1.53. The second-order valence-corrected chi connectivity index (χ2v) is 9.61. The number of methoxy groups -OCH3 is 1. The van der Waals surface area contributed by atoms with Crippen molar-refractivity contribution in [2.45, 2.75) is 63.7 Å². The van der Waals surface area contributed by atoms with Crippen LogP contribution in [0.2, 0.25) is 0 Å². The van der Waals surface area contributed by atoms with Gasteiger partial charge in [-0.3, -0.25) is 9.59 Å². The third-order valence-corrected chi connectivity index (χ3v) is 6.90. The van der Waals surface area contributed by atoms with Crippen LogP contribution in [-0.4, -0.2) is 42.6 Å². The third-order valence-electron chi connectivity index (χ3n) is 5.85. The molecule has 0 unspecified atom stereocenters. The highest BCUT2D eigenvalue weighted by atomic mass is 32.1. The number of carbonyl (C=O) groups excluding carboxylic acids is 2. The molecule has 0 saturated heterocycles. The first kappa shape index (κ1) is 25.1. The van der Waals surface area contributed by atoms with Gasteiger partial charge in [-0.15, -0.1) is 11.3 Å². The minimum Gasteiger partial charge on any atom is -0.497 e. The van der Waals surface area contributed by atoms with Gasteiger partial charge in [0.05, 0.1) is 7.11 Å². The van der Waals surface area contributed by atoms with Crippen LogP contribution in [0.1, 0.15) is 53.5 Å². The first-order valence-corrected chi connectivity index (χ1v) is 11.9. The summed E-state index contributed by atoms with van der Waals surface area (Å²) in [4.78, 5) is 27.8. The van der Waals surface area contributed by atoms with Gasteiger partial charge in [0, 0.05) is 22.3 Å². The summed E-state index contributed by atoms with van der Waals surface area (Å²) in [5.74, 6) is -1.94. The van der Waals surface area contributed by atoms with E-state index >= 15 is 0 Å². The van der Waals surface area contributed by atoms with Crippen molar-refractivity contribution in [3.05, 3.63) is 51.7 Å². The number of nitrogens with one attached hydrogen (secondary N) is 1. The highest BCUT2D eigenvalue weighted by Gasteiger charge is 2.47.